The third kappa shape index (κ3) is 6.49. The number of carbonyl (C=O) groups is 1. The van der Waals surface area contributed by atoms with Crippen molar-refractivity contribution in [3.05, 3.63) is 23.9 Å². The molecule has 1 aliphatic carbocycles. The third-order valence-corrected chi connectivity index (χ3v) is 4.48. The molecule has 0 unspecified atom stereocenters. The van der Waals surface area contributed by atoms with Crippen LogP contribution < -0.4 is 21.5 Å². The van der Waals surface area contributed by atoms with Crippen molar-refractivity contribution in [3.63, 3.8) is 0 Å². The van der Waals surface area contributed by atoms with Crippen molar-refractivity contribution >= 4 is 23.7 Å². The molecule has 1 aliphatic rings. The number of anilines is 1. The van der Waals surface area contributed by atoms with Crippen LogP contribution in [-0.2, 0) is 4.74 Å². The summed E-state index contributed by atoms with van der Waals surface area (Å²) in [6, 6.07) is 1.79. The summed E-state index contributed by atoms with van der Waals surface area (Å²) in [6.07, 6.45) is 5.76. The van der Waals surface area contributed by atoms with E-state index in [1.54, 1.807) is 12.3 Å². The molecule has 1 heterocycles. The summed E-state index contributed by atoms with van der Waals surface area (Å²) in [6.45, 7) is 5.86. The van der Waals surface area contributed by atoms with Crippen molar-refractivity contribution in [2.45, 2.75) is 52.2 Å². The molecule has 4 N–H and O–H groups in total. The second kappa shape index (κ2) is 10.0. The summed E-state index contributed by atoms with van der Waals surface area (Å²) in [5, 5.41) is 2.76. The minimum atomic E-state index is -0.353. The number of allylic oxidation sites excluding steroid dienone is 1. The lowest BCUT2D eigenvalue weighted by Gasteiger charge is -2.15. The van der Waals surface area contributed by atoms with E-state index in [1.165, 1.54) is 0 Å². The molecule has 0 aliphatic heterocycles. The lowest BCUT2D eigenvalue weighted by atomic mass is 9.98. The quantitative estimate of drug-likeness (QED) is 0.296. The number of nitrogens with zero attached hydrogens (tertiary/aromatic N) is 4. The second-order valence-electron chi connectivity index (χ2n) is 7.48. The van der Waals surface area contributed by atoms with E-state index in [0.717, 1.165) is 24.8 Å². The number of rotatable bonds is 6. The summed E-state index contributed by atoms with van der Waals surface area (Å²) < 4.78 is 5.50. The summed E-state index contributed by atoms with van der Waals surface area (Å²) in [7, 11) is 3.74. The first-order chi connectivity index (χ1) is 13.3. The number of hydrogen-bond donors (Lipinski definition) is 3. The van der Waals surface area contributed by atoms with Gasteiger partial charge in [-0.05, 0) is 52.0 Å². The van der Waals surface area contributed by atoms with Gasteiger partial charge in [-0.2, -0.15) is 4.98 Å². The minimum absolute atomic E-state index is 0.0653. The Kier molecular flexibility index (Phi) is 7.74. The van der Waals surface area contributed by atoms with Crippen LogP contribution in [0.25, 0.3) is 0 Å². The first kappa shape index (κ1) is 21.6. The molecule has 2 atom stereocenters. The first-order valence-corrected chi connectivity index (χ1v) is 9.49. The number of aromatic nitrogens is 2. The number of aliphatic imine (C=N–C) groups is 1. The monoisotopic (exact) mass is 389 g/mol. The fraction of sp³-hybridized carbons (Fsp3) is 0.579. The maximum absolute atomic E-state index is 11.8. The van der Waals surface area contributed by atoms with Crippen LogP contribution in [0.15, 0.2) is 28.9 Å². The zero-order valence-electron chi connectivity index (χ0n) is 17.3. The van der Waals surface area contributed by atoms with Crippen molar-refractivity contribution in [1.29, 1.82) is 0 Å². The Labute approximate surface area is 166 Å². The number of amidine groups is 1. The molecule has 9 heteroatoms. The largest absolute Gasteiger partial charge is 0.446 e. The van der Waals surface area contributed by atoms with Gasteiger partial charge in [0.05, 0.1) is 0 Å². The molecule has 0 spiro atoms. The smallest absolute Gasteiger partial charge is 0.407 e. The Balaban J connectivity index is 2.02. The van der Waals surface area contributed by atoms with Crippen molar-refractivity contribution in [3.8, 4) is 0 Å². The lowest BCUT2D eigenvalue weighted by molar-refractivity contribution is 0.0975. The molecule has 2 rings (SSSR count). The number of amides is 1. The zero-order chi connectivity index (χ0) is 20.7. The Morgan fingerprint density at radius 2 is 2.18 bits per heavy atom. The Hall–Kier alpha value is -2.68. The standard InChI is InChI=1S/C19H31N7O2/c1-12(2)22-19(27)28-15-7-6-14(11-15)13(3)10-17(25-20)23-16-8-9-21-18(24-16)26(4)5/h8-10,12,14-15H,6-7,11,20H2,1-5H3,(H,22,27)(H,21,23,24,25)/b13-10+/t14-,15+/m0/s1. The van der Waals surface area contributed by atoms with E-state index in [-0.39, 0.29) is 18.2 Å². The van der Waals surface area contributed by atoms with E-state index >= 15 is 0 Å². The van der Waals surface area contributed by atoms with E-state index in [2.05, 4.69) is 25.7 Å². The number of ether oxygens (including phenoxy) is 1. The van der Waals surface area contributed by atoms with Crippen LogP contribution in [0.4, 0.5) is 16.6 Å². The van der Waals surface area contributed by atoms with Crippen molar-refractivity contribution in [2.24, 2.45) is 16.8 Å². The molecular formula is C19H31N7O2. The van der Waals surface area contributed by atoms with Gasteiger partial charge in [-0.15, -0.1) is 0 Å². The average molecular weight is 390 g/mol. The highest BCUT2D eigenvalue weighted by Gasteiger charge is 2.28. The molecule has 28 heavy (non-hydrogen) atoms. The van der Waals surface area contributed by atoms with Gasteiger partial charge in [0.15, 0.2) is 5.82 Å². The molecule has 0 aromatic carbocycles. The zero-order valence-corrected chi connectivity index (χ0v) is 17.3. The molecule has 1 fully saturated rings. The van der Waals surface area contributed by atoms with E-state index in [0.29, 0.717) is 23.5 Å². The molecule has 0 saturated heterocycles. The fourth-order valence-electron chi connectivity index (χ4n) is 3.06. The molecule has 1 aromatic rings. The van der Waals surface area contributed by atoms with Gasteiger partial charge in [0, 0.05) is 32.4 Å². The normalized spacial score (nSPS) is 20.2. The molecule has 0 radical (unpaired) electrons. The lowest BCUT2D eigenvalue weighted by Crippen LogP contribution is -2.33. The molecule has 1 amide bonds. The van der Waals surface area contributed by atoms with E-state index in [4.69, 9.17) is 10.6 Å². The summed E-state index contributed by atoms with van der Waals surface area (Å²) >= 11 is 0. The topological polar surface area (TPSA) is 118 Å². The SMILES string of the molecule is C/C(=C\C(=Nc1ccnc(N(C)C)n1)NN)[C@H]1CC[C@@H](OC(=O)NC(C)C)C1. The van der Waals surface area contributed by atoms with Crippen LogP contribution in [-0.4, -0.2) is 48.1 Å². The summed E-state index contributed by atoms with van der Waals surface area (Å²) in [5.41, 5.74) is 3.76. The number of alkyl carbamates (subject to hydrolysis) is 1. The van der Waals surface area contributed by atoms with Crippen LogP contribution in [0.5, 0.6) is 0 Å². The molecule has 1 aromatic heterocycles. The summed E-state index contributed by atoms with van der Waals surface area (Å²) in [4.78, 5) is 26.6. The predicted molar refractivity (Wildman–Crippen MR) is 110 cm³/mol. The van der Waals surface area contributed by atoms with Gasteiger partial charge in [-0.1, -0.05) is 5.57 Å². The maximum atomic E-state index is 11.8. The molecule has 1 saturated carbocycles. The van der Waals surface area contributed by atoms with Gasteiger partial charge in [-0.3, -0.25) is 0 Å². The average Bonchev–Trinajstić information content (AvgIpc) is 3.09. The van der Waals surface area contributed by atoms with Crippen molar-refractivity contribution in [2.75, 3.05) is 19.0 Å². The number of nitrogens with one attached hydrogen (secondary N) is 2. The van der Waals surface area contributed by atoms with Crippen LogP contribution in [0.1, 0.15) is 40.0 Å². The van der Waals surface area contributed by atoms with Gasteiger partial charge >= 0.3 is 6.09 Å². The van der Waals surface area contributed by atoms with Crippen LogP contribution >= 0.6 is 0 Å². The molecule has 9 nitrogen and oxygen atoms in total. The Bertz CT molecular complexity index is 731. The number of hydrazine groups is 1. The maximum Gasteiger partial charge on any atom is 0.407 e. The Morgan fingerprint density at radius 3 is 2.82 bits per heavy atom. The van der Waals surface area contributed by atoms with Crippen LogP contribution in [0.3, 0.4) is 0 Å². The number of nitrogens with two attached hydrogens (primary N) is 1. The summed E-state index contributed by atoms with van der Waals surface area (Å²) in [5.74, 6) is 7.58. The highest BCUT2D eigenvalue weighted by atomic mass is 16.6. The number of hydrogen-bond acceptors (Lipinski definition) is 7. The van der Waals surface area contributed by atoms with Gasteiger partial charge in [0.1, 0.15) is 11.9 Å². The molecule has 0 bridgehead atoms. The van der Waals surface area contributed by atoms with Crippen LogP contribution in [0, 0.1) is 5.92 Å². The predicted octanol–water partition coefficient (Wildman–Crippen LogP) is 2.29. The molecular weight excluding hydrogens is 358 g/mol. The van der Waals surface area contributed by atoms with Crippen LogP contribution in [0.2, 0.25) is 0 Å². The molecule has 154 valence electrons. The fourth-order valence-corrected chi connectivity index (χ4v) is 3.06. The third-order valence-electron chi connectivity index (χ3n) is 4.48. The van der Waals surface area contributed by atoms with Gasteiger partial charge in [0.25, 0.3) is 0 Å². The van der Waals surface area contributed by atoms with E-state index in [9.17, 15) is 4.79 Å². The van der Waals surface area contributed by atoms with Crippen molar-refractivity contribution < 1.29 is 9.53 Å². The van der Waals surface area contributed by atoms with E-state index in [1.807, 2.05) is 45.8 Å². The van der Waals surface area contributed by atoms with E-state index < -0.39 is 0 Å². The highest BCUT2D eigenvalue weighted by molar-refractivity contribution is 5.94. The van der Waals surface area contributed by atoms with Gasteiger partial charge < -0.3 is 20.4 Å². The van der Waals surface area contributed by atoms with Gasteiger partial charge in [-0.25, -0.2) is 20.6 Å². The second-order valence-corrected chi connectivity index (χ2v) is 7.48. The number of carbonyl (C=O) groups excluding carboxylic acids is 1. The highest BCUT2D eigenvalue weighted by Crippen LogP contribution is 2.33. The van der Waals surface area contributed by atoms with Crippen molar-refractivity contribution in [1.82, 2.24) is 20.7 Å². The Morgan fingerprint density at radius 1 is 1.43 bits per heavy atom. The first-order valence-electron chi connectivity index (χ1n) is 9.49. The van der Waals surface area contributed by atoms with Gasteiger partial charge in [0.2, 0.25) is 5.95 Å². The minimum Gasteiger partial charge on any atom is -0.446 e.